The highest BCUT2D eigenvalue weighted by Gasteiger charge is 2.61. The van der Waals surface area contributed by atoms with Crippen molar-refractivity contribution in [2.45, 2.75) is 44.5 Å². The Morgan fingerprint density at radius 2 is 2.17 bits per heavy atom. The Morgan fingerprint density at radius 3 is 2.78 bits per heavy atom. The summed E-state index contributed by atoms with van der Waals surface area (Å²) >= 11 is 0. The van der Waals surface area contributed by atoms with E-state index >= 15 is 0 Å². The average molecular weight is 341 g/mol. The number of ether oxygens (including phenoxy) is 1. The lowest BCUT2D eigenvalue weighted by molar-refractivity contribution is 0.0292. The van der Waals surface area contributed by atoms with Gasteiger partial charge >= 0.3 is 0 Å². The standard InChI is InChI=1S/C16H27N3O3S/c1-4-22-10-15-5-6-23(20,21)16(15)11-18(12-16)8-14-7-17-19(9-14)13(2)3/h7,9,13,15H,4-6,8,10-12H2,1-3H3/t15-/m1/s1. The van der Waals surface area contributed by atoms with Gasteiger partial charge in [-0.05, 0) is 27.2 Å². The van der Waals surface area contributed by atoms with Crippen LogP contribution >= 0.6 is 0 Å². The summed E-state index contributed by atoms with van der Waals surface area (Å²) in [5, 5.41) is 4.35. The van der Waals surface area contributed by atoms with Crippen molar-refractivity contribution in [2.24, 2.45) is 5.92 Å². The third kappa shape index (κ3) is 2.94. The van der Waals surface area contributed by atoms with Gasteiger partial charge in [0, 0.05) is 50.0 Å². The second kappa shape index (κ2) is 6.18. The molecule has 0 bridgehead atoms. The molecule has 6 nitrogen and oxygen atoms in total. The van der Waals surface area contributed by atoms with Crippen LogP contribution in [0.25, 0.3) is 0 Å². The lowest BCUT2D eigenvalue weighted by Gasteiger charge is -2.50. The van der Waals surface area contributed by atoms with Crippen LogP contribution in [-0.4, -0.2) is 59.9 Å². The molecule has 0 radical (unpaired) electrons. The fraction of sp³-hybridized carbons (Fsp3) is 0.812. The molecule has 3 heterocycles. The Balaban J connectivity index is 1.65. The predicted octanol–water partition coefficient (Wildman–Crippen LogP) is 1.49. The third-order valence-corrected chi connectivity index (χ3v) is 7.80. The molecular formula is C16H27N3O3S. The van der Waals surface area contributed by atoms with E-state index in [4.69, 9.17) is 4.74 Å². The summed E-state index contributed by atoms with van der Waals surface area (Å²) < 4.78 is 32.0. The number of aromatic nitrogens is 2. The molecule has 0 N–H and O–H groups in total. The van der Waals surface area contributed by atoms with Crippen LogP contribution in [0.1, 0.15) is 38.8 Å². The minimum absolute atomic E-state index is 0.141. The molecule has 1 spiro atoms. The third-order valence-electron chi connectivity index (χ3n) is 5.19. The molecule has 1 aromatic heterocycles. The quantitative estimate of drug-likeness (QED) is 0.784. The first-order chi connectivity index (χ1) is 10.9. The molecule has 130 valence electrons. The molecule has 0 unspecified atom stereocenters. The summed E-state index contributed by atoms with van der Waals surface area (Å²) in [7, 11) is -3.01. The van der Waals surface area contributed by atoms with Crippen molar-refractivity contribution >= 4 is 9.84 Å². The van der Waals surface area contributed by atoms with E-state index in [1.165, 1.54) is 0 Å². The number of nitrogens with zero attached hydrogens (tertiary/aromatic N) is 3. The van der Waals surface area contributed by atoms with Crippen LogP contribution in [0.2, 0.25) is 0 Å². The second-order valence-corrected chi connectivity index (χ2v) is 9.55. The predicted molar refractivity (Wildman–Crippen MR) is 89.0 cm³/mol. The first-order valence-corrected chi connectivity index (χ1v) is 10.1. The van der Waals surface area contributed by atoms with Gasteiger partial charge < -0.3 is 4.74 Å². The molecule has 7 heteroatoms. The van der Waals surface area contributed by atoms with E-state index in [0.717, 1.165) is 18.5 Å². The molecule has 0 saturated carbocycles. The van der Waals surface area contributed by atoms with E-state index in [-0.39, 0.29) is 5.92 Å². The van der Waals surface area contributed by atoms with Crippen molar-refractivity contribution in [1.82, 2.24) is 14.7 Å². The van der Waals surface area contributed by atoms with Crippen LogP contribution < -0.4 is 0 Å². The molecule has 23 heavy (non-hydrogen) atoms. The number of hydrogen-bond acceptors (Lipinski definition) is 5. The van der Waals surface area contributed by atoms with Crippen LogP contribution in [-0.2, 0) is 21.1 Å². The SMILES string of the molecule is CCOC[C@H]1CCS(=O)(=O)C12CN(Cc1cnn(C(C)C)c1)C2. The topological polar surface area (TPSA) is 64.4 Å². The Hall–Kier alpha value is -0.920. The summed E-state index contributed by atoms with van der Waals surface area (Å²) in [5.41, 5.74) is 1.14. The molecule has 1 atom stereocenters. The molecular weight excluding hydrogens is 314 g/mol. The van der Waals surface area contributed by atoms with E-state index in [9.17, 15) is 8.42 Å². The van der Waals surface area contributed by atoms with E-state index in [1.807, 2.05) is 17.8 Å². The highest BCUT2D eigenvalue weighted by atomic mass is 32.2. The lowest BCUT2D eigenvalue weighted by Crippen LogP contribution is -2.67. The summed E-state index contributed by atoms with van der Waals surface area (Å²) in [6.07, 6.45) is 4.67. The van der Waals surface area contributed by atoms with Crippen LogP contribution in [0.4, 0.5) is 0 Å². The molecule has 2 saturated heterocycles. The number of rotatable bonds is 6. The fourth-order valence-electron chi connectivity index (χ4n) is 3.79. The van der Waals surface area contributed by atoms with Gasteiger partial charge in [-0.1, -0.05) is 0 Å². The summed E-state index contributed by atoms with van der Waals surface area (Å²) in [5.74, 6) is 0.450. The Bertz CT molecular complexity index is 647. The molecule has 0 amide bonds. The van der Waals surface area contributed by atoms with Gasteiger partial charge in [-0.3, -0.25) is 9.58 Å². The number of sulfone groups is 1. The Kier molecular flexibility index (Phi) is 4.55. The van der Waals surface area contributed by atoms with Crippen molar-refractivity contribution in [3.05, 3.63) is 18.0 Å². The number of hydrogen-bond donors (Lipinski definition) is 0. The van der Waals surface area contributed by atoms with Crippen molar-refractivity contribution in [2.75, 3.05) is 32.1 Å². The smallest absolute Gasteiger partial charge is 0.158 e. The zero-order valence-corrected chi connectivity index (χ0v) is 15.1. The zero-order valence-electron chi connectivity index (χ0n) is 14.2. The minimum Gasteiger partial charge on any atom is -0.381 e. The first kappa shape index (κ1) is 16.9. The molecule has 3 rings (SSSR count). The highest BCUT2D eigenvalue weighted by Crippen LogP contribution is 2.45. The Morgan fingerprint density at radius 1 is 1.43 bits per heavy atom. The highest BCUT2D eigenvalue weighted by molar-refractivity contribution is 7.93. The molecule has 2 aliphatic heterocycles. The van der Waals surface area contributed by atoms with Gasteiger partial charge in [0.25, 0.3) is 0 Å². The zero-order chi connectivity index (χ0) is 16.7. The van der Waals surface area contributed by atoms with E-state index in [0.29, 0.717) is 38.1 Å². The van der Waals surface area contributed by atoms with Crippen molar-refractivity contribution < 1.29 is 13.2 Å². The van der Waals surface area contributed by atoms with Gasteiger partial charge in [0.15, 0.2) is 9.84 Å². The fourth-order valence-corrected chi connectivity index (χ4v) is 6.24. The van der Waals surface area contributed by atoms with Gasteiger partial charge in [-0.15, -0.1) is 0 Å². The van der Waals surface area contributed by atoms with Gasteiger partial charge in [-0.2, -0.15) is 5.10 Å². The van der Waals surface area contributed by atoms with Crippen LogP contribution in [0.15, 0.2) is 12.4 Å². The van der Waals surface area contributed by atoms with Gasteiger partial charge in [0.2, 0.25) is 0 Å². The molecule has 0 aliphatic carbocycles. The van der Waals surface area contributed by atoms with Crippen LogP contribution in [0, 0.1) is 5.92 Å². The van der Waals surface area contributed by atoms with Gasteiger partial charge in [0.1, 0.15) is 4.75 Å². The van der Waals surface area contributed by atoms with Gasteiger partial charge in [0.05, 0.1) is 18.6 Å². The maximum atomic E-state index is 12.5. The average Bonchev–Trinajstić information content (AvgIpc) is 3.00. The summed E-state index contributed by atoms with van der Waals surface area (Å²) in [6.45, 7) is 9.37. The van der Waals surface area contributed by atoms with Crippen molar-refractivity contribution in [3.8, 4) is 0 Å². The first-order valence-electron chi connectivity index (χ1n) is 8.43. The van der Waals surface area contributed by atoms with E-state index in [1.54, 1.807) is 0 Å². The summed E-state index contributed by atoms with van der Waals surface area (Å²) in [4.78, 5) is 2.21. The Labute approximate surface area is 138 Å². The monoisotopic (exact) mass is 341 g/mol. The maximum absolute atomic E-state index is 12.5. The van der Waals surface area contributed by atoms with Crippen molar-refractivity contribution in [3.63, 3.8) is 0 Å². The van der Waals surface area contributed by atoms with Crippen LogP contribution in [0.3, 0.4) is 0 Å². The largest absolute Gasteiger partial charge is 0.381 e. The molecule has 0 aromatic carbocycles. The number of likely N-dealkylation sites (tertiary alicyclic amines) is 1. The molecule has 2 aliphatic rings. The van der Waals surface area contributed by atoms with Crippen LogP contribution in [0.5, 0.6) is 0 Å². The summed E-state index contributed by atoms with van der Waals surface area (Å²) in [6, 6.07) is 0.345. The molecule has 1 aromatic rings. The maximum Gasteiger partial charge on any atom is 0.158 e. The lowest BCUT2D eigenvalue weighted by atomic mass is 9.83. The van der Waals surface area contributed by atoms with Crippen molar-refractivity contribution in [1.29, 1.82) is 0 Å². The van der Waals surface area contributed by atoms with Gasteiger partial charge in [-0.25, -0.2) is 8.42 Å². The minimum atomic E-state index is -3.01. The van der Waals surface area contributed by atoms with E-state index < -0.39 is 14.6 Å². The van der Waals surface area contributed by atoms with E-state index in [2.05, 4.69) is 30.0 Å². The molecule has 2 fully saturated rings. The second-order valence-electron chi connectivity index (χ2n) is 7.10. The normalized spacial score (nSPS) is 26.0.